The number of carbonyl (C=O) groups is 1. The highest BCUT2D eigenvalue weighted by Crippen LogP contribution is 2.34. The van der Waals surface area contributed by atoms with Crippen LogP contribution in [0.15, 0.2) is 18.2 Å². The summed E-state index contributed by atoms with van der Waals surface area (Å²) in [5, 5.41) is 0. The third-order valence-electron chi connectivity index (χ3n) is 4.00. The molecular formula is C16H23NO3. The zero-order valence-electron chi connectivity index (χ0n) is 12.7. The average molecular weight is 277 g/mol. The summed E-state index contributed by atoms with van der Waals surface area (Å²) in [4.78, 5) is 13.7. The van der Waals surface area contributed by atoms with Crippen molar-refractivity contribution in [2.45, 2.75) is 26.7 Å². The van der Waals surface area contributed by atoms with Crippen LogP contribution in [0.5, 0.6) is 5.75 Å². The Kier molecular flexibility index (Phi) is 4.65. The standard InChI is InChI=1S/C16H23NO3/c1-11(2)12(3)14-9-13(5-6-15(14)19-4)17-7-8-20-10-16(17)18/h5-6,9,11-12H,7-8,10H2,1-4H3. The number of hydrogen-bond donors (Lipinski definition) is 0. The van der Waals surface area contributed by atoms with Crippen molar-refractivity contribution >= 4 is 11.6 Å². The van der Waals surface area contributed by atoms with Crippen LogP contribution in [0.2, 0.25) is 0 Å². The Morgan fingerprint density at radius 1 is 1.30 bits per heavy atom. The van der Waals surface area contributed by atoms with E-state index < -0.39 is 0 Å². The number of amides is 1. The number of benzene rings is 1. The van der Waals surface area contributed by atoms with Crippen LogP contribution in [0.4, 0.5) is 5.69 Å². The van der Waals surface area contributed by atoms with E-state index in [-0.39, 0.29) is 12.5 Å². The van der Waals surface area contributed by atoms with Crippen LogP contribution in [-0.4, -0.2) is 32.8 Å². The van der Waals surface area contributed by atoms with Gasteiger partial charge in [0.05, 0.1) is 13.7 Å². The zero-order valence-corrected chi connectivity index (χ0v) is 12.7. The number of rotatable bonds is 4. The van der Waals surface area contributed by atoms with Gasteiger partial charge in [0, 0.05) is 12.2 Å². The fourth-order valence-corrected chi connectivity index (χ4v) is 2.40. The summed E-state index contributed by atoms with van der Waals surface area (Å²) >= 11 is 0. The fraction of sp³-hybridized carbons (Fsp3) is 0.562. The van der Waals surface area contributed by atoms with E-state index in [0.29, 0.717) is 25.0 Å². The van der Waals surface area contributed by atoms with Crippen molar-refractivity contribution in [3.8, 4) is 5.75 Å². The van der Waals surface area contributed by atoms with Crippen molar-refractivity contribution in [1.82, 2.24) is 0 Å². The highest BCUT2D eigenvalue weighted by molar-refractivity contribution is 5.95. The first-order chi connectivity index (χ1) is 9.54. The second-order valence-corrected chi connectivity index (χ2v) is 5.56. The number of morpholine rings is 1. The number of carbonyl (C=O) groups excluding carboxylic acids is 1. The van der Waals surface area contributed by atoms with E-state index in [1.54, 1.807) is 12.0 Å². The van der Waals surface area contributed by atoms with Crippen molar-refractivity contribution in [2.24, 2.45) is 5.92 Å². The largest absolute Gasteiger partial charge is 0.496 e. The van der Waals surface area contributed by atoms with Crippen molar-refractivity contribution < 1.29 is 14.3 Å². The molecular weight excluding hydrogens is 254 g/mol. The van der Waals surface area contributed by atoms with E-state index in [4.69, 9.17) is 9.47 Å². The molecule has 1 aliphatic rings. The van der Waals surface area contributed by atoms with E-state index >= 15 is 0 Å². The lowest BCUT2D eigenvalue weighted by molar-refractivity contribution is -0.125. The minimum Gasteiger partial charge on any atom is -0.496 e. The van der Waals surface area contributed by atoms with E-state index in [1.807, 2.05) is 12.1 Å². The number of methoxy groups -OCH3 is 1. The molecule has 4 nitrogen and oxygen atoms in total. The third kappa shape index (κ3) is 2.96. The first-order valence-electron chi connectivity index (χ1n) is 7.10. The first kappa shape index (κ1) is 14.9. The summed E-state index contributed by atoms with van der Waals surface area (Å²) in [7, 11) is 1.69. The molecule has 20 heavy (non-hydrogen) atoms. The second-order valence-electron chi connectivity index (χ2n) is 5.56. The van der Waals surface area contributed by atoms with Crippen LogP contribution in [0.25, 0.3) is 0 Å². The summed E-state index contributed by atoms with van der Waals surface area (Å²) in [5.41, 5.74) is 2.08. The van der Waals surface area contributed by atoms with Gasteiger partial charge in [0.15, 0.2) is 0 Å². The average Bonchev–Trinajstić information content (AvgIpc) is 2.46. The maximum atomic E-state index is 11.9. The molecule has 4 heteroatoms. The summed E-state index contributed by atoms with van der Waals surface area (Å²) in [6.07, 6.45) is 0. The molecule has 1 unspecified atom stereocenters. The van der Waals surface area contributed by atoms with Crippen LogP contribution in [0, 0.1) is 5.92 Å². The van der Waals surface area contributed by atoms with Crippen LogP contribution < -0.4 is 9.64 Å². The van der Waals surface area contributed by atoms with Crippen molar-refractivity contribution in [3.05, 3.63) is 23.8 Å². The Morgan fingerprint density at radius 3 is 2.65 bits per heavy atom. The number of anilines is 1. The number of nitrogens with zero attached hydrogens (tertiary/aromatic N) is 1. The molecule has 1 fully saturated rings. The van der Waals surface area contributed by atoms with Gasteiger partial charge in [-0.3, -0.25) is 4.79 Å². The molecule has 0 bridgehead atoms. The lowest BCUT2D eigenvalue weighted by Gasteiger charge is -2.28. The van der Waals surface area contributed by atoms with E-state index in [9.17, 15) is 4.79 Å². The van der Waals surface area contributed by atoms with Crippen LogP contribution in [-0.2, 0) is 9.53 Å². The van der Waals surface area contributed by atoms with Gasteiger partial charge in [0.25, 0.3) is 5.91 Å². The predicted octanol–water partition coefficient (Wildman–Crippen LogP) is 2.82. The monoisotopic (exact) mass is 277 g/mol. The molecule has 0 saturated carbocycles. The summed E-state index contributed by atoms with van der Waals surface area (Å²) in [6, 6.07) is 5.97. The quantitative estimate of drug-likeness (QED) is 0.849. The Hall–Kier alpha value is -1.55. The zero-order chi connectivity index (χ0) is 14.7. The summed E-state index contributed by atoms with van der Waals surface area (Å²) in [5.74, 6) is 1.79. The minimum absolute atomic E-state index is 0.0181. The maximum absolute atomic E-state index is 11.9. The number of hydrogen-bond acceptors (Lipinski definition) is 3. The van der Waals surface area contributed by atoms with E-state index in [0.717, 1.165) is 17.0 Å². The van der Waals surface area contributed by atoms with Crippen molar-refractivity contribution in [2.75, 3.05) is 31.8 Å². The van der Waals surface area contributed by atoms with Gasteiger partial charge in [-0.05, 0) is 35.6 Å². The molecule has 1 heterocycles. The highest BCUT2D eigenvalue weighted by atomic mass is 16.5. The third-order valence-corrected chi connectivity index (χ3v) is 4.00. The van der Waals surface area contributed by atoms with Crippen molar-refractivity contribution in [3.63, 3.8) is 0 Å². The summed E-state index contributed by atoms with van der Waals surface area (Å²) < 4.78 is 10.6. The van der Waals surface area contributed by atoms with Gasteiger partial charge in [-0.1, -0.05) is 20.8 Å². The fourth-order valence-electron chi connectivity index (χ4n) is 2.40. The highest BCUT2D eigenvalue weighted by Gasteiger charge is 2.22. The van der Waals surface area contributed by atoms with E-state index in [2.05, 4.69) is 26.8 Å². The maximum Gasteiger partial charge on any atom is 0.253 e. The molecule has 1 saturated heterocycles. The second kappa shape index (κ2) is 6.27. The van der Waals surface area contributed by atoms with Crippen molar-refractivity contribution in [1.29, 1.82) is 0 Å². The Bertz CT molecular complexity index is 485. The summed E-state index contributed by atoms with van der Waals surface area (Å²) in [6.45, 7) is 7.94. The Morgan fingerprint density at radius 2 is 2.05 bits per heavy atom. The predicted molar refractivity (Wildman–Crippen MR) is 79.4 cm³/mol. The molecule has 1 aromatic rings. The minimum atomic E-state index is 0.0181. The van der Waals surface area contributed by atoms with Gasteiger partial charge in [0.2, 0.25) is 0 Å². The van der Waals surface area contributed by atoms with Crippen LogP contribution in [0.1, 0.15) is 32.3 Å². The Balaban J connectivity index is 2.36. The Labute approximate surface area is 120 Å². The molecule has 110 valence electrons. The topological polar surface area (TPSA) is 38.8 Å². The van der Waals surface area contributed by atoms with Crippen LogP contribution in [0.3, 0.4) is 0 Å². The molecule has 0 N–H and O–H groups in total. The number of ether oxygens (including phenoxy) is 2. The van der Waals surface area contributed by atoms with Gasteiger partial charge >= 0.3 is 0 Å². The molecule has 0 spiro atoms. The molecule has 1 atom stereocenters. The lowest BCUT2D eigenvalue weighted by Crippen LogP contribution is -2.41. The molecule has 1 aliphatic heterocycles. The van der Waals surface area contributed by atoms with Crippen LogP contribution >= 0.6 is 0 Å². The molecule has 0 aliphatic carbocycles. The molecule has 1 amide bonds. The molecule has 0 radical (unpaired) electrons. The van der Waals surface area contributed by atoms with Gasteiger partial charge in [0.1, 0.15) is 12.4 Å². The van der Waals surface area contributed by atoms with Gasteiger partial charge in [-0.15, -0.1) is 0 Å². The smallest absolute Gasteiger partial charge is 0.253 e. The first-order valence-corrected chi connectivity index (χ1v) is 7.10. The van der Waals surface area contributed by atoms with Gasteiger partial charge < -0.3 is 14.4 Å². The SMILES string of the molecule is COc1ccc(N2CCOCC2=O)cc1C(C)C(C)C. The lowest BCUT2D eigenvalue weighted by atomic mass is 9.89. The van der Waals surface area contributed by atoms with Gasteiger partial charge in [-0.25, -0.2) is 0 Å². The van der Waals surface area contributed by atoms with Gasteiger partial charge in [-0.2, -0.15) is 0 Å². The van der Waals surface area contributed by atoms with E-state index in [1.165, 1.54) is 0 Å². The molecule has 0 aromatic heterocycles. The molecule has 1 aromatic carbocycles. The normalized spacial score (nSPS) is 17.4. The molecule has 2 rings (SSSR count).